The van der Waals surface area contributed by atoms with Crippen LogP contribution in [-0.2, 0) is 9.53 Å². The maximum absolute atomic E-state index is 10.3. The van der Waals surface area contributed by atoms with Gasteiger partial charge in [-0.3, -0.25) is 4.79 Å². The molecule has 1 fully saturated rings. The molecule has 0 aromatic carbocycles. The van der Waals surface area contributed by atoms with E-state index >= 15 is 0 Å². The number of carbonyl (C=O) groups is 1. The molecule has 0 saturated carbocycles. The van der Waals surface area contributed by atoms with Crippen LogP contribution < -0.4 is 5.73 Å². The molecule has 0 aromatic rings. The van der Waals surface area contributed by atoms with Crippen LogP contribution in [0.15, 0.2) is 0 Å². The highest BCUT2D eigenvalue weighted by Gasteiger charge is 2.28. The van der Waals surface area contributed by atoms with E-state index in [1.807, 2.05) is 6.92 Å². The summed E-state index contributed by atoms with van der Waals surface area (Å²) in [6.07, 6.45) is 2.04. The monoisotopic (exact) mass is 173 g/mol. The summed E-state index contributed by atoms with van der Waals surface area (Å²) in [5.41, 5.74) is 5.64. The third kappa shape index (κ3) is 2.46. The third-order valence-corrected chi connectivity index (χ3v) is 2.15. The van der Waals surface area contributed by atoms with Gasteiger partial charge in [0.2, 0.25) is 0 Å². The first-order valence-electron chi connectivity index (χ1n) is 4.22. The Morgan fingerprint density at radius 1 is 1.75 bits per heavy atom. The summed E-state index contributed by atoms with van der Waals surface area (Å²) in [6.45, 7) is 1.98. The first kappa shape index (κ1) is 9.48. The van der Waals surface area contributed by atoms with E-state index in [2.05, 4.69) is 0 Å². The second-order valence-electron chi connectivity index (χ2n) is 3.32. The first-order valence-corrected chi connectivity index (χ1v) is 4.22. The van der Waals surface area contributed by atoms with Crippen LogP contribution >= 0.6 is 0 Å². The topological polar surface area (TPSA) is 72.6 Å². The lowest BCUT2D eigenvalue weighted by atomic mass is 10.1. The quantitative estimate of drug-likeness (QED) is 0.646. The summed E-state index contributed by atoms with van der Waals surface area (Å²) in [5.74, 6) is -0.856. The molecule has 0 amide bonds. The van der Waals surface area contributed by atoms with Crippen LogP contribution in [0.3, 0.4) is 0 Å². The fourth-order valence-electron chi connectivity index (χ4n) is 1.48. The minimum atomic E-state index is -0.856. The molecule has 70 valence electrons. The standard InChI is InChI=1S/C8H15NO3/c1-5-2-3-7(12-5)6(9)4-8(10)11/h5-7H,2-4,9H2,1H3,(H,10,11). The van der Waals surface area contributed by atoms with Crippen LogP contribution in [0.2, 0.25) is 0 Å². The number of hydrogen-bond donors (Lipinski definition) is 2. The molecule has 3 unspecified atom stereocenters. The van der Waals surface area contributed by atoms with E-state index in [0.29, 0.717) is 0 Å². The fourth-order valence-corrected chi connectivity index (χ4v) is 1.48. The molecule has 4 heteroatoms. The molecular formula is C8H15NO3. The van der Waals surface area contributed by atoms with E-state index in [9.17, 15) is 4.79 Å². The zero-order valence-electron chi connectivity index (χ0n) is 7.19. The van der Waals surface area contributed by atoms with Gasteiger partial charge < -0.3 is 15.6 Å². The Kier molecular flexibility index (Phi) is 3.05. The first-order chi connectivity index (χ1) is 5.59. The van der Waals surface area contributed by atoms with Gasteiger partial charge in [-0.25, -0.2) is 0 Å². The van der Waals surface area contributed by atoms with Gasteiger partial charge in [-0.15, -0.1) is 0 Å². The summed E-state index contributed by atoms with van der Waals surface area (Å²) in [4.78, 5) is 10.3. The number of aliphatic carboxylic acids is 1. The van der Waals surface area contributed by atoms with E-state index in [1.165, 1.54) is 0 Å². The number of carboxylic acids is 1. The third-order valence-electron chi connectivity index (χ3n) is 2.15. The minimum Gasteiger partial charge on any atom is -0.481 e. The summed E-state index contributed by atoms with van der Waals surface area (Å²) >= 11 is 0. The molecule has 1 aliphatic rings. The Labute approximate surface area is 71.7 Å². The highest BCUT2D eigenvalue weighted by Crippen LogP contribution is 2.21. The Morgan fingerprint density at radius 2 is 2.42 bits per heavy atom. The predicted molar refractivity (Wildman–Crippen MR) is 43.8 cm³/mol. The zero-order chi connectivity index (χ0) is 9.14. The largest absolute Gasteiger partial charge is 0.481 e. The van der Waals surface area contributed by atoms with Crippen molar-refractivity contribution in [2.24, 2.45) is 5.73 Å². The molecular weight excluding hydrogens is 158 g/mol. The van der Waals surface area contributed by atoms with Gasteiger partial charge in [0.15, 0.2) is 0 Å². The van der Waals surface area contributed by atoms with Crippen molar-refractivity contribution in [1.82, 2.24) is 0 Å². The van der Waals surface area contributed by atoms with Gasteiger partial charge in [0, 0.05) is 6.04 Å². The van der Waals surface area contributed by atoms with Crippen molar-refractivity contribution in [3.8, 4) is 0 Å². The van der Waals surface area contributed by atoms with Crippen molar-refractivity contribution in [3.05, 3.63) is 0 Å². The molecule has 12 heavy (non-hydrogen) atoms. The lowest BCUT2D eigenvalue weighted by Gasteiger charge is -2.17. The fraction of sp³-hybridized carbons (Fsp3) is 0.875. The summed E-state index contributed by atoms with van der Waals surface area (Å²) in [7, 11) is 0. The molecule has 0 radical (unpaired) electrons. The van der Waals surface area contributed by atoms with Crippen molar-refractivity contribution in [2.45, 2.75) is 44.4 Å². The molecule has 0 aromatic heterocycles. The van der Waals surface area contributed by atoms with Crippen LogP contribution in [0.25, 0.3) is 0 Å². The van der Waals surface area contributed by atoms with Crippen molar-refractivity contribution >= 4 is 5.97 Å². The molecule has 1 saturated heterocycles. The van der Waals surface area contributed by atoms with E-state index in [1.54, 1.807) is 0 Å². The molecule has 0 bridgehead atoms. The van der Waals surface area contributed by atoms with Crippen LogP contribution in [0, 0.1) is 0 Å². The number of carboxylic acid groups (broad SMARTS) is 1. The normalized spacial score (nSPS) is 31.8. The molecule has 3 atom stereocenters. The molecule has 0 aliphatic carbocycles. The number of hydrogen-bond acceptors (Lipinski definition) is 3. The smallest absolute Gasteiger partial charge is 0.305 e. The Morgan fingerprint density at radius 3 is 2.83 bits per heavy atom. The predicted octanol–water partition coefficient (Wildman–Crippen LogP) is 0.356. The van der Waals surface area contributed by atoms with E-state index in [4.69, 9.17) is 15.6 Å². The summed E-state index contributed by atoms with van der Waals surface area (Å²) in [6, 6.07) is -0.354. The van der Waals surface area contributed by atoms with Gasteiger partial charge in [-0.2, -0.15) is 0 Å². The van der Waals surface area contributed by atoms with E-state index in [0.717, 1.165) is 12.8 Å². The SMILES string of the molecule is CC1CCC(C(N)CC(=O)O)O1. The Bertz CT molecular complexity index is 172. The minimum absolute atomic E-state index is 0.00259. The average molecular weight is 173 g/mol. The molecule has 1 aliphatic heterocycles. The van der Waals surface area contributed by atoms with Gasteiger partial charge in [-0.05, 0) is 19.8 Å². The highest BCUT2D eigenvalue weighted by atomic mass is 16.5. The van der Waals surface area contributed by atoms with Gasteiger partial charge in [0.05, 0.1) is 18.6 Å². The second kappa shape index (κ2) is 3.87. The highest BCUT2D eigenvalue weighted by molar-refractivity contribution is 5.67. The van der Waals surface area contributed by atoms with Crippen LogP contribution in [0.1, 0.15) is 26.2 Å². The Balaban J connectivity index is 2.32. The lowest BCUT2D eigenvalue weighted by Crippen LogP contribution is -2.36. The molecule has 4 nitrogen and oxygen atoms in total. The maximum atomic E-state index is 10.3. The molecule has 3 N–H and O–H groups in total. The van der Waals surface area contributed by atoms with E-state index < -0.39 is 5.97 Å². The van der Waals surface area contributed by atoms with Crippen molar-refractivity contribution in [1.29, 1.82) is 0 Å². The van der Waals surface area contributed by atoms with Crippen LogP contribution in [-0.4, -0.2) is 29.3 Å². The number of rotatable bonds is 3. The molecule has 0 spiro atoms. The van der Waals surface area contributed by atoms with Crippen molar-refractivity contribution in [2.75, 3.05) is 0 Å². The average Bonchev–Trinajstić information content (AvgIpc) is 2.34. The van der Waals surface area contributed by atoms with E-state index in [-0.39, 0.29) is 24.7 Å². The van der Waals surface area contributed by atoms with Crippen molar-refractivity contribution < 1.29 is 14.6 Å². The van der Waals surface area contributed by atoms with Gasteiger partial charge in [0.25, 0.3) is 0 Å². The molecule has 1 rings (SSSR count). The second-order valence-corrected chi connectivity index (χ2v) is 3.32. The lowest BCUT2D eigenvalue weighted by molar-refractivity contribution is -0.138. The van der Waals surface area contributed by atoms with Crippen LogP contribution in [0.4, 0.5) is 0 Å². The van der Waals surface area contributed by atoms with Gasteiger partial charge in [-0.1, -0.05) is 0 Å². The number of nitrogens with two attached hydrogens (primary N) is 1. The van der Waals surface area contributed by atoms with Gasteiger partial charge in [0.1, 0.15) is 0 Å². The maximum Gasteiger partial charge on any atom is 0.305 e. The number of ether oxygens (including phenoxy) is 1. The summed E-state index contributed by atoms with van der Waals surface area (Å²) < 4.78 is 5.44. The van der Waals surface area contributed by atoms with Crippen molar-refractivity contribution in [3.63, 3.8) is 0 Å². The van der Waals surface area contributed by atoms with Gasteiger partial charge >= 0.3 is 5.97 Å². The Hall–Kier alpha value is -0.610. The zero-order valence-corrected chi connectivity index (χ0v) is 7.19. The summed E-state index contributed by atoms with van der Waals surface area (Å²) in [5, 5.41) is 8.47. The molecule has 1 heterocycles. The van der Waals surface area contributed by atoms with Crippen LogP contribution in [0.5, 0.6) is 0 Å².